The van der Waals surface area contributed by atoms with Crippen LogP contribution >= 0.6 is 11.6 Å². The van der Waals surface area contributed by atoms with Gasteiger partial charge in [0.15, 0.2) is 0 Å². The Bertz CT molecular complexity index is 1060. The molecule has 3 rings (SSSR count). The zero-order valence-electron chi connectivity index (χ0n) is 13.4. The molecule has 0 saturated heterocycles. The molecule has 1 heterocycles. The number of nitro groups is 1. The van der Waals surface area contributed by atoms with Crippen molar-refractivity contribution in [3.8, 4) is 0 Å². The maximum atomic E-state index is 12.1. The van der Waals surface area contributed by atoms with Crippen molar-refractivity contribution >= 4 is 39.8 Å². The zero-order chi connectivity index (χ0) is 18.7. The van der Waals surface area contributed by atoms with Gasteiger partial charge >= 0.3 is 0 Å². The summed E-state index contributed by atoms with van der Waals surface area (Å²) in [5, 5.41) is 18.1. The molecule has 0 bridgehead atoms. The Labute approximate surface area is 152 Å². The SMILES string of the molecule is O=C(CCn1ncc(=O)c2ccccc21)Nc1ccc(Cl)c([N+](=O)[O-])c1. The first kappa shape index (κ1) is 17.6. The van der Waals surface area contributed by atoms with Crippen molar-refractivity contribution < 1.29 is 9.72 Å². The molecule has 3 aromatic rings. The lowest BCUT2D eigenvalue weighted by Gasteiger charge is -2.09. The minimum Gasteiger partial charge on any atom is -0.326 e. The molecule has 0 unspecified atom stereocenters. The smallest absolute Gasteiger partial charge is 0.289 e. The molecular weight excluding hydrogens is 360 g/mol. The number of rotatable bonds is 5. The van der Waals surface area contributed by atoms with Crippen molar-refractivity contribution in [3.05, 3.63) is 74.0 Å². The Kier molecular flexibility index (Phi) is 4.94. The number of halogens is 1. The molecule has 0 radical (unpaired) electrons. The second-order valence-corrected chi connectivity index (χ2v) is 5.88. The van der Waals surface area contributed by atoms with E-state index in [-0.39, 0.29) is 40.7 Å². The van der Waals surface area contributed by atoms with Crippen molar-refractivity contribution in [2.75, 3.05) is 5.32 Å². The van der Waals surface area contributed by atoms with Crippen LogP contribution in [0.4, 0.5) is 11.4 Å². The van der Waals surface area contributed by atoms with Gasteiger partial charge in [-0.1, -0.05) is 23.7 Å². The predicted octanol–water partition coefficient (Wildman–Crippen LogP) is 2.99. The van der Waals surface area contributed by atoms with Crippen LogP contribution in [0.2, 0.25) is 5.02 Å². The highest BCUT2D eigenvalue weighted by Crippen LogP contribution is 2.27. The first-order valence-electron chi connectivity index (χ1n) is 7.64. The van der Waals surface area contributed by atoms with Crippen molar-refractivity contribution in [2.24, 2.45) is 0 Å². The van der Waals surface area contributed by atoms with Crippen LogP contribution in [0.15, 0.2) is 53.5 Å². The summed E-state index contributed by atoms with van der Waals surface area (Å²) >= 11 is 5.75. The second-order valence-electron chi connectivity index (χ2n) is 5.47. The molecule has 0 saturated carbocycles. The Balaban J connectivity index is 1.72. The number of nitro benzene ring substituents is 1. The molecule has 8 nitrogen and oxygen atoms in total. The number of para-hydroxylation sites is 1. The molecule has 1 amide bonds. The number of carbonyl (C=O) groups excluding carboxylic acids is 1. The van der Waals surface area contributed by atoms with Gasteiger partial charge in [0.25, 0.3) is 5.69 Å². The number of nitrogens with zero attached hydrogens (tertiary/aromatic N) is 3. The number of aryl methyl sites for hydroxylation is 1. The molecule has 0 spiro atoms. The second kappa shape index (κ2) is 7.32. The standard InChI is InChI=1S/C17H13ClN4O4/c18-13-6-5-11(9-15(13)22(25)26)20-17(24)7-8-21-14-4-2-1-3-12(14)16(23)10-19-21/h1-6,9-10H,7-8H2,(H,20,24). The Morgan fingerprint density at radius 2 is 2.04 bits per heavy atom. The van der Waals surface area contributed by atoms with E-state index in [0.717, 1.165) is 0 Å². The van der Waals surface area contributed by atoms with E-state index in [2.05, 4.69) is 10.4 Å². The minimum atomic E-state index is -0.617. The topological polar surface area (TPSA) is 107 Å². The number of fused-ring (bicyclic) bond motifs is 1. The molecule has 0 aliphatic carbocycles. The number of nitrogens with one attached hydrogen (secondary N) is 1. The summed E-state index contributed by atoms with van der Waals surface area (Å²) in [6, 6.07) is 11.0. The molecule has 132 valence electrons. The Morgan fingerprint density at radius 1 is 1.27 bits per heavy atom. The highest BCUT2D eigenvalue weighted by atomic mass is 35.5. The fourth-order valence-electron chi connectivity index (χ4n) is 2.50. The molecule has 0 aliphatic rings. The summed E-state index contributed by atoms with van der Waals surface area (Å²) < 4.78 is 1.57. The predicted molar refractivity (Wildman–Crippen MR) is 97.4 cm³/mol. The van der Waals surface area contributed by atoms with Crippen LogP contribution in [0.25, 0.3) is 10.9 Å². The summed E-state index contributed by atoms with van der Waals surface area (Å²) in [5.41, 5.74) is 0.450. The van der Waals surface area contributed by atoms with Crippen LogP contribution in [-0.4, -0.2) is 20.6 Å². The third kappa shape index (κ3) is 3.70. The van der Waals surface area contributed by atoms with Crippen molar-refractivity contribution in [1.82, 2.24) is 9.78 Å². The summed E-state index contributed by atoms with van der Waals surface area (Å²) in [6.07, 6.45) is 1.29. The van der Waals surface area contributed by atoms with Crippen molar-refractivity contribution in [3.63, 3.8) is 0 Å². The Morgan fingerprint density at radius 3 is 2.81 bits per heavy atom. The third-order valence-corrected chi connectivity index (χ3v) is 4.06. The van der Waals surface area contributed by atoms with Gasteiger partial charge < -0.3 is 5.32 Å². The first-order chi connectivity index (χ1) is 12.5. The molecule has 1 N–H and O–H groups in total. The van der Waals surface area contributed by atoms with Crippen LogP contribution in [-0.2, 0) is 11.3 Å². The van der Waals surface area contributed by atoms with Crippen LogP contribution in [0.1, 0.15) is 6.42 Å². The van der Waals surface area contributed by atoms with Crippen LogP contribution in [0.3, 0.4) is 0 Å². The molecule has 1 aromatic heterocycles. The van der Waals surface area contributed by atoms with E-state index in [0.29, 0.717) is 10.9 Å². The van der Waals surface area contributed by atoms with Gasteiger partial charge in [-0.05, 0) is 24.3 Å². The van der Waals surface area contributed by atoms with E-state index in [1.807, 2.05) is 0 Å². The van der Waals surface area contributed by atoms with Gasteiger partial charge in [-0.15, -0.1) is 0 Å². The van der Waals surface area contributed by atoms with E-state index in [4.69, 9.17) is 11.6 Å². The van der Waals surface area contributed by atoms with Gasteiger partial charge in [0.1, 0.15) is 5.02 Å². The Hall–Kier alpha value is -3.26. The lowest BCUT2D eigenvalue weighted by molar-refractivity contribution is -0.384. The summed E-state index contributed by atoms with van der Waals surface area (Å²) in [6.45, 7) is 0.252. The highest BCUT2D eigenvalue weighted by Gasteiger charge is 2.14. The number of amides is 1. The molecule has 26 heavy (non-hydrogen) atoms. The zero-order valence-corrected chi connectivity index (χ0v) is 14.1. The molecule has 2 aromatic carbocycles. The lowest BCUT2D eigenvalue weighted by Crippen LogP contribution is -2.18. The first-order valence-corrected chi connectivity index (χ1v) is 8.02. The largest absolute Gasteiger partial charge is 0.326 e. The van der Waals surface area contributed by atoms with Crippen molar-refractivity contribution in [2.45, 2.75) is 13.0 Å². The van der Waals surface area contributed by atoms with Gasteiger partial charge in [0.2, 0.25) is 11.3 Å². The third-order valence-electron chi connectivity index (χ3n) is 3.74. The van der Waals surface area contributed by atoms with Gasteiger partial charge in [0, 0.05) is 23.6 Å². The number of hydrogen-bond donors (Lipinski definition) is 1. The van der Waals surface area contributed by atoms with E-state index in [1.165, 1.54) is 24.4 Å². The van der Waals surface area contributed by atoms with Crippen LogP contribution in [0.5, 0.6) is 0 Å². The quantitative estimate of drug-likeness (QED) is 0.547. The number of aromatic nitrogens is 2. The fraction of sp³-hybridized carbons (Fsp3) is 0.118. The van der Waals surface area contributed by atoms with Crippen LogP contribution in [0, 0.1) is 10.1 Å². The minimum absolute atomic E-state index is 0.00285. The monoisotopic (exact) mass is 372 g/mol. The number of benzene rings is 2. The van der Waals surface area contributed by atoms with E-state index in [9.17, 15) is 19.7 Å². The van der Waals surface area contributed by atoms with Gasteiger partial charge in [-0.2, -0.15) is 5.10 Å². The normalized spacial score (nSPS) is 10.7. The number of anilines is 1. The highest BCUT2D eigenvalue weighted by molar-refractivity contribution is 6.32. The number of hydrogen-bond acceptors (Lipinski definition) is 5. The summed E-state index contributed by atoms with van der Waals surface area (Å²) in [7, 11) is 0. The van der Waals surface area contributed by atoms with Gasteiger partial charge in [-0.3, -0.25) is 24.4 Å². The van der Waals surface area contributed by atoms with Crippen LogP contribution < -0.4 is 10.7 Å². The average Bonchev–Trinajstić information content (AvgIpc) is 2.63. The average molecular weight is 373 g/mol. The van der Waals surface area contributed by atoms with E-state index < -0.39 is 4.92 Å². The molecule has 0 aliphatic heterocycles. The number of carbonyl (C=O) groups is 1. The maximum absolute atomic E-state index is 12.1. The van der Waals surface area contributed by atoms with Gasteiger partial charge in [0.05, 0.1) is 23.2 Å². The van der Waals surface area contributed by atoms with Crippen molar-refractivity contribution in [1.29, 1.82) is 0 Å². The molecule has 0 fully saturated rings. The fourth-order valence-corrected chi connectivity index (χ4v) is 2.69. The maximum Gasteiger partial charge on any atom is 0.289 e. The summed E-state index contributed by atoms with van der Waals surface area (Å²) in [5.74, 6) is -0.341. The van der Waals surface area contributed by atoms with E-state index >= 15 is 0 Å². The molecule has 9 heteroatoms. The molecule has 0 atom stereocenters. The lowest BCUT2D eigenvalue weighted by atomic mass is 10.2. The summed E-state index contributed by atoms with van der Waals surface area (Å²) in [4.78, 5) is 34.2. The van der Waals surface area contributed by atoms with Gasteiger partial charge in [-0.25, -0.2) is 0 Å². The molecular formula is C17H13ClN4O4. The van der Waals surface area contributed by atoms with E-state index in [1.54, 1.807) is 28.9 Å².